The van der Waals surface area contributed by atoms with Crippen molar-refractivity contribution in [2.45, 2.75) is 32.2 Å². The summed E-state index contributed by atoms with van der Waals surface area (Å²) in [6.45, 7) is 4.52. The van der Waals surface area contributed by atoms with Gasteiger partial charge in [-0.2, -0.15) is 5.10 Å². The van der Waals surface area contributed by atoms with Gasteiger partial charge in [0.05, 0.1) is 12.3 Å². The van der Waals surface area contributed by atoms with E-state index < -0.39 is 0 Å². The van der Waals surface area contributed by atoms with Crippen LogP contribution in [0.2, 0.25) is 0 Å². The van der Waals surface area contributed by atoms with Crippen molar-refractivity contribution >= 4 is 5.91 Å². The molecule has 0 saturated heterocycles. The largest absolute Gasteiger partial charge is 0.381 e. The van der Waals surface area contributed by atoms with E-state index in [1.165, 1.54) is 6.33 Å². The lowest BCUT2D eigenvalue weighted by Crippen LogP contribution is -2.39. The average Bonchev–Trinajstić information content (AvgIpc) is 2.98. The number of fused-ring (bicyclic) bond motifs is 1. The molecule has 0 bridgehead atoms. The van der Waals surface area contributed by atoms with Crippen LogP contribution in [-0.4, -0.2) is 50.3 Å². The predicted molar refractivity (Wildman–Crippen MR) is 88.2 cm³/mol. The number of carbonyl (C=O) groups excluding carboxylic acids is 1. The predicted octanol–water partition coefficient (Wildman–Crippen LogP) is 1.31. The van der Waals surface area contributed by atoms with Gasteiger partial charge in [0.15, 0.2) is 0 Å². The summed E-state index contributed by atoms with van der Waals surface area (Å²) in [6.07, 6.45) is 8.13. The third kappa shape index (κ3) is 3.79. The molecule has 0 fully saturated rings. The van der Waals surface area contributed by atoms with Gasteiger partial charge >= 0.3 is 0 Å². The maximum Gasteiger partial charge on any atom is 0.223 e. The zero-order valence-electron chi connectivity index (χ0n) is 14.2. The number of aromatic nitrogens is 4. The number of aryl methyl sites for hydroxylation is 2. The summed E-state index contributed by atoms with van der Waals surface area (Å²) < 4.78 is 7.41. The van der Waals surface area contributed by atoms with E-state index in [-0.39, 0.29) is 11.8 Å². The van der Waals surface area contributed by atoms with E-state index in [4.69, 9.17) is 4.74 Å². The van der Waals surface area contributed by atoms with Gasteiger partial charge < -0.3 is 9.64 Å². The Morgan fingerprint density at radius 1 is 1.38 bits per heavy atom. The average molecular weight is 329 g/mol. The Hall–Kier alpha value is -2.28. The van der Waals surface area contributed by atoms with Gasteiger partial charge in [-0.3, -0.25) is 9.48 Å². The van der Waals surface area contributed by atoms with Crippen molar-refractivity contribution in [2.75, 3.05) is 19.8 Å². The Bertz CT molecular complexity index is 686. The minimum absolute atomic E-state index is 0.138. The highest BCUT2D eigenvalue weighted by Gasteiger charge is 2.30. The van der Waals surface area contributed by atoms with Crippen molar-refractivity contribution in [2.24, 2.45) is 7.05 Å². The van der Waals surface area contributed by atoms with Crippen LogP contribution in [0, 0.1) is 0 Å². The number of nitrogens with zero attached hydrogens (tertiary/aromatic N) is 5. The highest BCUT2D eigenvalue weighted by atomic mass is 16.5. The van der Waals surface area contributed by atoms with E-state index >= 15 is 0 Å². The first-order valence-electron chi connectivity index (χ1n) is 8.29. The van der Waals surface area contributed by atoms with E-state index in [1.807, 2.05) is 29.7 Å². The molecule has 24 heavy (non-hydrogen) atoms. The van der Waals surface area contributed by atoms with E-state index in [9.17, 15) is 4.79 Å². The maximum atomic E-state index is 12.6. The normalized spacial score (nSPS) is 16.9. The molecule has 2 aromatic heterocycles. The van der Waals surface area contributed by atoms with Crippen LogP contribution < -0.4 is 0 Å². The SMILES string of the molecule is CCOCC1CN(C(=O)CCc2cncnc2)Cc2cn(C)nc21. The lowest BCUT2D eigenvalue weighted by Gasteiger charge is -2.32. The van der Waals surface area contributed by atoms with Crippen molar-refractivity contribution in [3.63, 3.8) is 0 Å². The molecular formula is C17H23N5O2. The van der Waals surface area contributed by atoms with Crippen molar-refractivity contribution in [3.8, 4) is 0 Å². The highest BCUT2D eigenvalue weighted by molar-refractivity contribution is 5.76. The topological polar surface area (TPSA) is 73.1 Å². The molecule has 0 radical (unpaired) electrons. The lowest BCUT2D eigenvalue weighted by molar-refractivity contribution is -0.132. The van der Waals surface area contributed by atoms with E-state index in [1.54, 1.807) is 12.4 Å². The van der Waals surface area contributed by atoms with Gasteiger partial charge in [0.1, 0.15) is 6.33 Å². The summed E-state index contributed by atoms with van der Waals surface area (Å²) in [5, 5.41) is 4.56. The second-order valence-electron chi connectivity index (χ2n) is 6.09. The molecule has 0 spiro atoms. The molecule has 0 aromatic carbocycles. The Balaban J connectivity index is 1.66. The van der Waals surface area contributed by atoms with Crippen molar-refractivity contribution in [1.82, 2.24) is 24.6 Å². The van der Waals surface area contributed by atoms with E-state index in [2.05, 4.69) is 15.1 Å². The van der Waals surface area contributed by atoms with Crippen LogP contribution in [0.15, 0.2) is 24.9 Å². The van der Waals surface area contributed by atoms with Gasteiger partial charge in [-0.1, -0.05) is 0 Å². The zero-order chi connectivity index (χ0) is 16.9. The summed E-state index contributed by atoms with van der Waals surface area (Å²) in [5.74, 6) is 0.286. The molecule has 1 unspecified atom stereocenters. The molecule has 0 N–H and O–H groups in total. The van der Waals surface area contributed by atoms with E-state index in [0.29, 0.717) is 39.1 Å². The summed E-state index contributed by atoms with van der Waals surface area (Å²) in [5.41, 5.74) is 3.16. The summed E-state index contributed by atoms with van der Waals surface area (Å²) in [4.78, 5) is 22.5. The molecule has 7 nitrogen and oxygen atoms in total. The Labute approximate surface area is 141 Å². The van der Waals surface area contributed by atoms with Gasteiger partial charge in [0.2, 0.25) is 5.91 Å². The van der Waals surface area contributed by atoms with E-state index in [0.717, 1.165) is 16.8 Å². The summed E-state index contributed by atoms with van der Waals surface area (Å²) >= 11 is 0. The van der Waals surface area contributed by atoms with Crippen molar-refractivity contribution in [3.05, 3.63) is 41.7 Å². The van der Waals surface area contributed by atoms with Crippen LogP contribution in [0.25, 0.3) is 0 Å². The third-order valence-corrected chi connectivity index (χ3v) is 4.24. The second kappa shape index (κ2) is 7.53. The number of hydrogen-bond donors (Lipinski definition) is 0. The molecule has 2 aromatic rings. The Kier molecular flexibility index (Phi) is 5.20. The molecule has 128 valence electrons. The highest BCUT2D eigenvalue weighted by Crippen LogP contribution is 2.27. The molecule has 7 heteroatoms. The third-order valence-electron chi connectivity index (χ3n) is 4.24. The minimum atomic E-state index is 0.138. The number of rotatable bonds is 6. The fourth-order valence-electron chi connectivity index (χ4n) is 3.09. The van der Waals surface area contributed by atoms with Gasteiger partial charge in [0, 0.05) is 63.2 Å². The van der Waals surface area contributed by atoms with Gasteiger partial charge in [0.25, 0.3) is 0 Å². The second-order valence-corrected chi connectivity index (χ2v) is 6.09. The van der Waals surface area contributed by atoms with Gasteiger partial charge in [-0.05, 0) is 18.9 Å². The van der Waals surface area contributed by atoms with Crippen LogP contribution in [-0.2, 0) is 29.5 Å². The molecule has 0 saturated carbocycles. The summed E-state index contributed by atoms with van der Waals surface area (Å²) in [7, 11) is 1.91. The first-order chi connectivity index (χ1) is 11.7. The first kappa shape index (κ1) is 16.6. The zero-order valence-corrected chi connectivity index (χ0v) is 14.2. The molecule has 0 aliphatic carbocycles. The number of carbonyl (C=O) groups is 1. The van der Waals surface area contributed by atoms with Gasteiger partial charge in [-0.25, -0.2) is 9.97 Å². The fraction of sp³-hybridized carbons (Fsp3) is 0.529. The summed E-state index contributed by atoms with van der Waals surface area (Å²) in [6, 6.07) is 0. The minimum Gasteiger partial charge on any atom is -0.381 e. The molecule has 1 aliphatic rings. The molecule has 1 atom stereocenters. The number of amides is 1. The lowest BCUT2D eigenvalue weighted by atomic mass is 9.97. The Morgan fingerprint density at radius 3 is 2.92 bits per heavy atom. The van der Waals surface area contributed by atoms with Crippen LogP contribution in [0.5, 0.6) is 0 Å². The molecular weight excluding hydrogens is 306 g/mol. The monoisotopic (exact) mass is 329 g/mol. The van der Waals surface area contributed by atoms with Crippen LogP contribution >= 0.6 is 0 Å². The molecule has 3 heterocycles. The first-order valence-corrected chi connectivity index (χ1v) is 8.29. The van der Waals surface area contributed by atoms with Crippen molar-refractivity contribution < 1.29 is 9.53 Å². The van der Waals surface area contributed by atoms with Crippen molar-refractivity contribution in [1.29, 1.82) is 0 Å². The maximum absolute atomic E-state index is 12.6. The standard InChI is InChI=1S/C17H23N5O2/c1-3-24-11-15-10-22(9-14-8-21(2)20-17(14)15)16(23)5-4-13-6-18-12-19-7-13/h6-8,12,15H,3-5,9-11H2,1-2H3. The number of hydrogen-bond acceptors (Lipinski definition) is 5. The Morgan fingerprint density at radius 2 is 2.17 bits per heavy atom. The van der Waals surface area contributed by atoms with Crippen LogP contribution in [0.1, 0.15) is 36.1 Å². The van der Waals surface area contributed by atoms with Gasteiger partial charge in [-0.15, -0.1) is 0 Å². The molecule has 3 rings (SSSR count). The molecule has 1 aliphatic heterocycles. The molecule has 1 amide bonds. The number of ether oxygens (including phenoxy) is 1. The smallest absolute Gasteiger partial charge is 0.223 e. The van der Waals surface area contributed by atoms with Crippen LogP contribution in [0.4, 0.5) is 0 Å². The van der Waals surface area contributed by atoms with Crippen LogP contribution in [0.3, 0.4) is 0 Å². The fourth-order valence-corrected chi connectivity index (χ4v) is 3.09. The quantitative estimate of drug-likeness (QED) is 0.799.